The van der Waals surface area contributed by atoms with E-state index < -0.39 is 0 Å². The summed E-state index contributed by atoms with van der Waals surface area (Å²) in [7, 11) is 0. The lowest BCUT2D eigenvalue weighted by molar-refractivity contribution is -0.116. The molecule has 27 heavy (non-hydrogen) atoms. The average Bonchev–Trinajstić information content (AvgIpc) is 3.28. The molecule has 2 aromatic heterocycles. The Bertz CT molecular complexity index is 939. The predicted octanol–water partition coefficient (Wildman–Crippen LogP) is 4.95. The predicted molar refractivity (Wildman–Crippen MR) is 112 cm³/mol. The monoisotopic (exact) mass is 399 g/mol. The Kier molecular flexibility index (Phi) is 6.03. The van der Waals surface area contributed by atoms with E-state index in [1.807, 2.05) is 37.6 Å². The second-order valence-electron chi connectivity index (χ2n) is 6.40. The van der Waals surface area contributed by atoms with E-state index in [9.17, 15) is 9.59 Å². The van der Waals surface area contributed by atoms with E-state index in [1.54, 1.807) is 6.07 Å². The van der Waals surface area contributed by atoms with Crippen molar-refractivity contribution in [1.82, 2.24) is 4.98 Å². The fourth-order valence-electron chi connectivity index (χ4n) is 2.87. The van der Waals surface area contributed by atoms with Crippen LogP contribution >= 0.6 is 22.7 Å². The van der Waals surface area contributed by atoms with Gasteiger partial charge < -0.3 is 5.32 Å². The van der Waals surface area contributed by atoms with Gasteiger partial charge in [-0.2, -0.15) is 0 Å². The van der Waals surface area contributed by atoms with Crippen molar-refractivity contribution in [3.63, 3.8) is 0 Å². The van der Waals surface area contributed by atoms with Gasteiger partial charge in [-0.05, 0) is 49.8 Å². The molecule has 3 rings (SSSR count). The number of amides is 2. The second-order valence-corrected chi connectivity index (χ2v) is 8.20. The summed E-state index contributed by atoms with van der Waals surface area (Å²) in [6.45, 7) is 6.04. The van der Waals surface area contributed by atoms with Crippen LogP contribution in [0.1, 0.15) is 38.5 Å². The largest absolute Gasteiger partial charge is 0.326 e. The molecule has 0 unspecified atom stereocenters. The lowest BCUT2D eigenvalue weighted by Crippen LogP contribution is -2.14. The van der Waals surface area contributed by atoms with Crippen LogP contribution in [0.3, 0.4) is 0 Å². The van der Waals surface area contributed by atoms with Gasteiger partial charge in [-0.15, -0.1) is 22.7 Å². The van der Waals surface area contributed by atoms with Gasteiger partial charge in [-0.1, -0.05) is 23.8 Å². The summed E-state index contributed by atoms with van der Waals surface area (Å²) in [5, 5.41) is 10.1. The molecule has 3 aromatic rings. The van der Waals surface area contributed by atoms with Gasteiger partial charge in [0.1, 0.15) is 0 Å². The first kappa shape index (κ1) is 19.3. The molecular weight excluding hydrogens is 378 g/mol. The number of thiophene rings is 1. The molecule has 0 bridgehead atoms. The molecule has 1 aromatic carbocycles. The maximum atomic E-state index is 12.3. The highest BCUT2D eigenvalue weighted by molar-refractivity contribution is 7.14. The van der Waals surface area contributed by atoms with Gasteiger partial charge in [0.25, 0.3) is 5.91 Å². The summed E-state index contributed by atoms with van der Waals surface area (Å²) < 4.78 is 0. The number of nitrogens with zero attached hydrogens (tertiary/aromatic N) is 1. The molecule has 2 N–H and O–H groups in total. The van der Waals surface area contributed by atoms with Crippen LogP contribution in [0.2, 0.25) is 0 Å². The molecule has 2 heterocycles. The van der Waals surface area contributed by atoms with E-state index in [2.05, 4.69) is 27.8 Å². The van der Waals surface area contributed by atoms with Crippen molar-refractivity contribution in [2.24, 2.45) is 0 Å². The van der Waals surface area contributed by atoms with E-state index in [0.717, 1.165) is 22.5 Å². The summed E-state index contributed by atoms with van der Waals surface area (Å²) >= 11 is 2.75. The Labute approximate surface area is 166 Å². The number of carbonyl (C=O) groups is 2. The van der Waals surface area contributed by atoms with Gasteiger partial charge in [0.15, 0.2) is 5.13 Å². The van der Waals surface area contributed by atoms with Crippen LogP contribution in [0.25, 0.3) is 0 Å². The van der Waals surface area contributed by atoms with Crippen molar-refractivity contribution >= 4 is 45.3 Å². The third-order valence-corrected chi connectivity index (χ3v) is 5.74. The number of anilines is 2. The van der Waals surface area contributed by atoms with Crippen molar-refractivity contribution in [3.8, 4) is 0 Å². The van der Waals surface area contributed by atoms with Gasteiger partial charge in [0, 0.05) is 17.5 Å². The highest BCUT2D eigenvalue weighted by Gasteiger charge is 2.12. The quantitative estimate of drug-likeness (QED) is 0.616. The molecular formula is C20H21N3O2S2. The van der Waals surface area contributed by atoms with Crippen molar-refractivity contribution in [1.29, 1.82) is 0 Å². The smallest absolute Gasteiger partial charge is 0.267 e. The highest BCUT2D eigenvalue weighted by Crippen LogP contribution is 2.23. The molecule has 0 aliphatic carbocycles. The zero-order valence-electron chi connectivity index (χ0n) is 15.5. The third-order valence-electron chi connectivity index (χ3n) is 4.07. The zero-order valence-corrected chi connectivity index (χ0v) is 17.1. The molecule has 2 amide bonds. The summed E-state index contributed by atoms with van der Waals surface area (Å²) in [6, 6.07) is 7.73. The van der Waals surface area contributed by atoms with Crippen molar-refractivity contribution in [2.45, 2.75) is 33.6 Å². The number of hydrogen-bond acceptors (Lipinski definition) is 5. The number of hydrogen-bond donors (Lipinski definition) is 2. The summed E-state index contributed by atoms with van der Waals surface area (Å²) in [4.78, 5) is 29.4. The first-order chi connectivity index (χ1) is 12.9. The molecule has 0 saturated heterocycles. The SMILES string of the molecule is Cc1cc(C)c(NC(=O)CCc2csc(NC(=O)c3cccs3)n2)c(C)c1. The fourth-order valence-corrected chi connectivity index (χ4v) is 4.23. The maximum absolute atomic E-state index is 12.3. The lowest BCUT2D eigenvalue weighted by Gasteiger charge is -2.12. The van der Waals surface area contributed by atoms with Crippen molar-refractivity contribution in [2.75, 3.05) is 10.6 Å². The molecule has 0 aliphatic rings. The van der Waals surface area contributed by atoms with Gasteiger partial charge in [-0.3, -0.25) is 14.9 Å². The number of aromatic nitrogens is 1. The van der Waals surface area contributed by atoms with Crippen LogP contribution in [-0.4, -0.2) is 16.8 Å². The number of carbonyl (C=O) groups excluding carboxylic acids is 2. The van der Waals surface area contributed by atoms with Crippen LogP contribution in [-0.2, 0) is 11.2 Å². The summed E-state index contributed by atoms with van der Waals surface area (Å²) in [5.41, 5.74) is 4.99. The highest BCUT2D eigenvalue weighted by atomic mass is 32.1. The molecule has 0 radical (unpaired) electrons. The second kappa shape index (κ2) is 8.45. The van der Waals surface area contributed by atoms with Crippen LogP contribution < -0.4 is 10.6 Å². The standard InChI is InChI=1S/C20H21N3O2S2/c1-12-9-13(2)18(14(3)10-12)22-17(24)7-6-15-11-27-20(21-15)23-19(25)16-5-4-8-26-16/h4-5,8-11H,6-7H2,1-3H3,(H,22,24)(H,21,23,25). The third kappa shape index (κ3) is 5.02. The first-order valence-electron chi connectivity index (χ1n) is 8.59. The molecule has 140 valence electrons. The average molecular weight is 400 g/mol. The number of rotatable bonds is 6. The number of thiazole rings is 1. The van der Waals surface area contributed by atoms with Crippen LogP contribution in [0.4, 0.5) is 10.8 Å². The van der Waals surface area contributed by atoms with E-state index >= 15 is 0 Å². The lowest BCUT2D eigenvalue weighted by atomic mass is 10.0. The molecule has 0 saturated carbocycles. The van der Waals surface area contributed by atoms with E-state index in [4.69, 9.17) is 0 Å². The fraction of sp³-hybridized carbons (Fsp3) is 0.250. The molecule has 0 aliphatic heterocycles. The van der Waals surface area contributed by atoms with Gasteiger partial charge >= 0.3 is 0 Å². The Morgan fingerprint density at radius 1 is 1.07 bits per heavy atom. The van der Waals surface area contributed by atoms with Gasteiger partial charge in [-0.25, -0.2) is 4.98 Å². The van der Waals surface area contributed by atoms with Crippen molar-refractivity contribution in [3.05, 3.63) is 62.3 Å². The maximum Gasteiger partial charge on any atom is 0.267 e. The van der Waals surface area contributed by atoms with Crippen LogP contribution in [0, 0.1) is 20.8 Å². The van der Waals surface area contributed by atoms with E-state index in [1.165, 1.54) is 28.2 Å². The summed E-state index contributed by atoms with van der Waals surface area (Å²) in [6.07, 6.45) is 0.871. The zero-order chi connectivity index (χ0) is 19.4. The Balaban J connectivity index is 1.54. The molecule has 5 nitrogen and oxygen atoms in total. The van der Waals surface area contributed by atoms with Gasteiger partial charge in [0.2, 0.25) is 5.91 Å². The van der Waals surface area contributed by atoms with E-state index in [0.29, 0.717) is 22.9 Å². The minimum atomic E-state index is -0.158. The Hall–Kier alpha value is -2.51. The molecule has 7 heteroatoms. The Morgan fingerprint density at radius 3 is 2.48 bits per heavy atom. The number of nitrogens with one attached hydrogen (secondary N) is 2. The normalized spacial score (nSPS) is 10.6. The summed E-state index contributed by atoms with van der Waals surface area (Å²) in [5.74, 6) is -0.198. The molecule has 0 spiro atoms. The molecule has 0 fully saturated rings. The van der Waals surface area contributed by atoms with E-state index in [-0.39, 0.29) is 11.8 Å². The Morgan fingerprint density at radius 2 is 1.81 bits per heavy atom. The number of aryl methyl sites for hydroxylation is 4. The van der Waals surface area contributed by atoms with Crippen LogP contribution in [0.5, 0.6) is 0 Å². The minimum Gasteiger partial charge on any atom is -0.326 e. The topological polar surface area (TPSA) is 71.1 Å². The minimum absolute atomic E-state index is 0.0396. The van der Waals surface area contributed by atoms with Crippen LogP contribution in [0.15, 0.2) is 35.0 Å². The molecule has 0 atom stereocenters. The van der Waals surface area contributed by atoms with Crippen molar-refractivity contribution < 1.29 is 9.59 Å². The number of benzene rings is 1. The first-order valence-corrected chi connectivity index (χ1v) is 10.4. The van der Waals surface area contributed by atoms with Gasteiger partial charge in [0.05, 0.1) is 10.6 Å².